The highest BCUT2D eigenvalue weighted by Gasteiger charge is 2.21. The van der Waals surface area contributed by atoms with E-state index in [0.717, 1.165) is 9.26 Å². The van der Waals surface area contributed by atoms with E-state index in [4.69, 9.17) is 10.5 Å². The quantitative estimate of drug-likeness (QED) is 0.849. The summed E-state index contributed by atoms with van der Waals surface area (Å²) in [6.07, 6.45) is -0.105. The summed E-state index contributed by atoms with van der Waals surface area (Å²) in [4.78, 5) is 8.94. The van der Waals surface area contributed by atoms with E-state index in [1.165, 1.54) is 0 Å². The van der Waals surface area contributed by atoms with Gasteiger partial charge in [0.1, 0.15) is 11.9 Å². The molecular weight excluding hydrogens is 329 g/mol. The topological polar surface area (TPSA) is 61.0 Å². The van der Waals surface area contributed by atoms with Crippen LogP contribution in [0.3, 0.4) is 0 Å². The first-order valence-corrected chi connectivity index (χ1v) is 6.81. The van der Waals surface area contributed by atoms with Crippen molar-refractivity contribution >= 4 is 28.4 Å². The molecule has 1 unspecified atom stereocenters. The lowest BCUT2D eigenvalue weighted by Gasteiger charge is -2.20. The zero-order valence-electron chi connectivity index (χ0n) is 11.0. The molecule has 0 saturated carbocycles. The molecule has 0 aliphatic rings. The number of aromatic nitrogens is 2. The van der Waals surface area contributed by atoms with Crippen LogP contribution in [0.2, 0.25) is 0 Å². The molecule has 5 heteroatoms. The zero-order valence-corrected chi connectivity index (χ0v) is 13.1. The van der Waals surface area contributed by atoms with Gasteiger partial charge in [0.2, 0.25) is 0 Å². The summed E-state index contributed by atoms with van der Waals surface area (Å²) in [5, 5.41) is 0. The smallest absolute Gasteiger partial charge is 0.160 e. The van der Waals surface area contributed by atoms with Crippen molar-refractivity contribution in [2.75, 3.05) is 12.8 Å². The average molecular weight is 349 g/mol. The standard InChI is InChI=1S/C12H20IN3O/c1-6(2)9-8(13)11(14)16-12(15-9)10(17-5)7(3)4/h6-7,10H,1-5H3,(H2,14,15,16). The van der Waals surface area contributed by atoms with E-state index >= 15 is 0 Å². The van der Waals surface area contributed by atoms with E-state index in [2.05, 4.69) is 60.3 Å². The maximum Gasteiger partial charge on any atom is 0.160 e. The van der Waals surface area contributed by atoms with Crippen molar-refractivity contribution in [3.63, 3.8) is 0 Å². The third-order valence-electron chi connectivity index (χ3n) is 2.58. The number of hydrogen-bond acceptors (Lipinski definition) is 4. The normalized spacial score (nSPS) is 13.4. The predicted molar refractivity (Wildman–Crippen MR) is 77.8 cm³/mol. The van der Waals surface area contributed by atoms with E-state index < -0.39 is 0 Å². The lowest BCUT2D eigenvalue weighted by molar-refractivity contribution is 0.0573. The first-order valence-electron chi connectivity index (χ1n) is 5.74. The van der Waals surface area contributed by atoms with Crippen molar-refractivity contribution in [2.24, 2.45) is 5.92 Å². The Balaban J connectivity index is 3.26. The van der Waals surface area contributed by atoms with Gasteiger partial charge in [0.05, 0.1) is 9.26 Å². The van der Waals surface area contributed by atoms with Crippen molar-refractivity contribution in [1.29, 1.82) is 0 Å². The highest BCUT2D eigenvalue weighted by molar-refractivity contribution is 14.1. The van der Waals surface area contributed by atoms with E-state index in [9.17, 15) is 0 Å². The first kappa shape index (κ1) is 14.6. The fraction of sp³-hybridized carbons (Fsp3) is 0.667. The first-order chi connectivity index (χ1) is 7.88. The second kappa shape index (κ2) is 5.95. The third-order valence-corrected chi connectivity index (χ3v) is 3.69. The molecule has 0 aromatic carbocycles. The number of nitrogens with zero attached hydrogens (tertiary/aromatic N) is 2. The minimum atomic E-state index is -0.105. The molecule has 0 radical (unpaired) electrons. The Morgan fingerprint density at radius 3 is 2.18 bits per heavy atom. The van der Waals surface area contributed by atoms with Gasteiger partial charge in [0.25, 0.3) is 0 Å². The number of hydrogen-bond donors (Lipinski definition) is 1. The van der Waals surface area contributed by atoms with Crippen molar-refractivity contribution < 1.29 is 4.74 Å². The molecule has 0 aliphatic heterocycles. The van der Waals surface area contributed by atoms with Crippen LogP contribution in [0, 0.1) is 9.49 Å². The Morgan fingerprint density at radius 2 is 1.76 bits per heavy atom. The van der Waals surface area contributed by atoms with Gasteiger partial charge >= 0.3 is 0 Å². The summed E-state index contributed by atoms with van der Waals surface area (Å²) in [5.41, 5.74) is 6.93. The van der Waals surface area contributed by atoms with Gasteiger partial charge in [-0.25, -0.2) is 9.97 Å². The van der Waals surface area contributed by atoms with Crippen LogP contribution in [-0.2, 0) is 4.74 Å². The Kier molecular flexibility index (Phi) is 5.12. The average Bonchev–Trinajstić information content (AvgIpc) is 2.22. The highest BCUT2D eigenvalue weighted by atomic mass is 127. The molecule has 1 aromatic heterocycles. The second-order valence-corrected chi connectivity index (χ2v) is 5.80. The maximum atomic E-state index is 5.94. The molecule has 4 nitrogen and oxygen atoms in total. The van der Waals surface area contributed by atoms with Gasteiger partial charge < -0.3 is 10.5 Å². The van der Waals surface area contributed by atoms with Gasteiger partial charge in [-0.15, -0.1) is 0 Å². The predicted octanol–water partition coefficient (Wildman–Crippen LogP) is 3.13. The molecule has 0 fully saturated rings. The largest absolute Gasteiger partial charge is 0.383 e. The van der Waals surface area contributed by atoms with Gasteiger partial charge in [-0.05, 0) is 34.4 Å². The van der Waals surface area contributed by atoms with E-state index in [-0.39, 0.29) is 6.10 Å². The van der Waals surface area contributed by atoms with Gasteiger partial charge in [0.15, 0.2) is 5.82 Å². The van der Waals surface area contributed by atoms with Gasteiger partial charge in [0, 0.05) is 7.11 Å². The summed E-state index contributed by atoms with van der Waals surface area (Å²) >= 11 is 2.20. The lowest BCUT2D eigenvalue weighted by Crippen LogP contribution is -2.16. The van der Waals surface area contributed by atoms with Crippen LogP contribution in [0.5, 0.6) is 0 Å². The Morgan fingerprint density at radius 1 is 1.18 bits per heavy atom. The van der Waals surface area contributed by atoms with Crippen molar-refractivity contribution in [3.05, 3.63) is 15.1 Å². The summed E-state index contributed by atoms with van der Waals surface area (Å²) in [7, 11) is 1.68. The molecule has 17 heavy (non-hydrogen) atoms. The van der Waals surface area contributed by atoms with E-state index in [0.29, 0.717) is 23.5 Å². The van der Waals surface area contributed by atoms with Crippen molar-refractivity contribution in [2.45, 2.75) is 39.7 Å². The lowest BCUT2D eigenvalue weighted by atomic mass is 10.1. The molecule has 1 atom stereocenters. The summed E-state index contributed by atoms with van der Waals surface area (Å²) in [6, 6.07) is 0. The fourth-order valence-corrected chi connectivity index (χ4v) is 2.55. The molecule has 0 aliphatic carbocycles. The van der Waals surface area contributed by atoms with Crippen LogP contribution in [0.1, 0.15) is 51.2 Å². The molecule has 1 rings (SSSR count). The molecule has 1 aromatic rings. The second-order valence-electron chi connectivity index (χ2n) is 4.72. The Labute approximate surface area is 117 Å². The van der Waals surface area contributed by atoms with Crippen LogP contribution in [0.4, 0.5) is 5.82 Å². The molecule has 0 amide bonds. The molecule has 0 spiro atoms. The van der Waals surface area contributed by atoms with Gasteiger partial charge in [-0.2, -0.15) is 0 Å². The number of methoxy groups -OCH3 is 1. The summed E-state index contributed by atoms with van der Waals surface area (Å²) < 4.78 is 6.39. The van der Waals surface area contributed by atoms with Crippen LogP contribution in [-0.4, -0.2) is 17.1 Å². The molecule has 0 saturated heterocycles. The number of anilines is 1. The van der Waals surface area contributed by atoms with E-state index in [1.807, 2.05) is 0 Å². The summed E-state index contributed by atoms with van der Waals surface area (Å²) in [5.74, 6) is 1.88. The highest BCUT2D eigenvalue weighted by Crippen LogP contribution is 2.28. The zero-order chi connectivity index (χ0) is 13.2. The number of nitrogen functional groups attached to an aromatic ring is 1. The molecule has 96 valence electrons. The van der Waals surface area contributed by atoms with Crippen LogP contribution in [0.25, 0.3) is 0 Å². The number of rotatable bonds is 4. The molecular formula is C12H20IN3O. The monoisotopic (exact) mass is 349 g/mol. The third kappa shape index (κ3) is 3.28. The SMILES string of the molecule is COC(c1nc(N)c(I)c(C(C)C)n1)C(C)C. The number of nitrogens with two attached hydrogens (primary N) is 1. The molecule has 0 bridgehead atoms. The minimum absolute atomic E-state index is 0.105. The molecule has 2 N–H and O–H groups in total. The van der Waals surface area contributed by atoms with Crippen LogP contribution in [0.15, 0.2) is 0 Å². The summed E-state index contributed by atoms with van der Waals surface area (Å²) in [6.45, 7) is 8.37. The number of ether oxygens (including phenoxy) is 1. The minimum Gasteiger partial charge on any atom is -0.383 e. The Hall–Kier alpha value is -0.430. The fourth-order valence-electron chi connectivity index (χ4n) is 1.69. The Bertz CT molecular complexity index is 394. The van der Waals surface area contributed by atoms with Gasteiger partial charge in [-0.1, -0.05) is 27.7 Å². The van der Waals surface area contributed by atoms with Crippen molar-refractivity contribution in [1.82, 2.24) is 9.97 Å². The molecule has 1 heterocycles. The van der Waals surface area contributed by atoms with Crippen LogP contribution >= 0.6 is 22.6 Å². The maximum absolute atomic E-state index is 5.94. The van der Waals surface area contributed by atoms with Gasteiger partial charge in [-0.3, -0.25) is 0 Å². The van der Waals surface area contributed by atoms with Crippen molar-refractivity contribution in [3.8, 4) is 0 Å². The number of halogens is 1. The van der Waals surface area contributed by atoms with E-state index in [1.54, 1.807) is 7.11 Å². The van der Waals surface area contributed by atoms with Crippen LogP contribution < -0.4 is 5.73 Å².